The number of aromatic nitrogens is 1. The number of anilines is 2. The lowest BCUT2D eigenvalue weighted by atomic mass is 9.49. The lowest BCUT2D eigenvalue weighted by Crippen LogP contribution is -2.53. The number of ether oxygens (including phenoxy) is 1. The average Bonchev–Trinajstić information content (AvgIpc) is 3.65. The molecule has 0 bridgehead atoms. The number of alkyl halides is 3. The topological polar surface area (TPSA) is 146 Å². The maximum atomic E-state index is 15.5. The number of fused-ring (bicyclic) bond motifs is 4. The molecule has 9 rings (SSSR count). The summed E-state index contributed by atoms with van der Waals surface area (Å²) in [6, 6.07) is 24.9. The van der Waals surface area contributed by atoms with Crippen molar-refractivity contribution in [3.8, 4) is 11.5 Å². The first-order valence-corrected chi connectivity index (χ1v) is 21.1. The summed E-state index contributed by atoms with van der Waals surface area (Å²) in [7, 11) is 1.34. The number of phenols is 1. The molecule has 3 heterocycles. The van der Waals surface area contributed by atoms with Gasteiger partial charge in [-0.2, -0.15) is 18.2 Å². The number of halogens is 6. The number of allylic oxidation sites excluding steroid dienone is 2. The summed E-state index contributed by atoms with van der Waals surface area (Å²) in [6.45, 7) is 0. The number of hydrogen-bond acceptors (Lipinski definition) is 9. The lowest BCUT2D eigenvalue weighted by molar-refractivity contribution is -0.139. The number of nitrogens with zero attached hydrogens (tertiary/aromatic N) is 3. The smallest absolute Gasteiger partial charge is 0.417 e. The number of amides is 4. The van der Waals surface area contributed by atoms with Gasteiger partial charge in [0, 0.05) is 28.3 Å². The molecule has 6 atom stereocenters. The molecule has 2 aliphatic carbocycles. The van der Waals surface area contributed by atoms with Crippen molar-refractivity contribution in [2.75, 3.05) is 17.4 Å². The van der Waals surface area contributed by atoms with E-state index in [4.69, 9.17) is 27.9 Å². The van der Waals surface area contributed by atoms with Crippen LogP contribution in [0, 0.1) is 23.7 Å². The number of pyridine rings is 1. The van der Waals surface area contributed by atoms with E-state index in [0.717, 1.165) is 4.90 Å². The van der Waals surface area contributed by atoms with Crippen LogP contribution in [0.3, 0.4) is 0 Å². The number of carbonyl (C=O) groups is 5. The van der Waals surface area contributed by atoms with Crippen LogP contribution in [0.15, 0.2) is 119 Å². The second-order valence-electron chi connectivity index (χ2n) is 15.7. The van der Waals surface area contributed by atoms with E-state index in [1.807, 2.05) is 6.08 Å². The third-order valence-electron chi connectivity index (χ3n) is 12.6. The highest BCUT2D eigenvalue weighted by atomic mass is 79.9. The van der Waals surface area contributed by atoms with Crippen molar-refractivity contribution in [1.82, 2.24) is 9.99 Å². The van der Waals surface area contributed by atoms with Crippen molar-refractivity contribution in [2.24, 2.45) is 23.7 Å². The van der Waals surface area contributed by atoms with Gasteiger partial charge in [0.2, 0.25) is 11.8 Å². The lowest BCUT2D eigenvalue weighted by Gasteiger charge is -2.50. The van der Waals surface area contributed by atoms with E-state index in [0.29, 0.717) is 50.1 Å². The Bertz CT molecular complexity index is 2790. The number of benzene rings is 4. The number of hydrogen-bond donors (Lipinski definition) is 2. The molecular weight excluding hydrogens is 928 g/mol. The van der Waals surface area contributed by atoms with E-state index in [-0.39, 0.29) is 40.3 Å². The van der Waals surface area contributed by atoms with Crippen LogP contribution in [0.25, 0.3) is 0 Å². The number of carbonyl (C=O) groups excluding carboxylic acids is 5. The maximum absolute atomic E-state index is 15.5. The fourth-order valence-corrected chi connectivity index (χ4v) is 10.6. The zero-order chi connectivity index (χ0) is 44.7. The second kappa shape index (κ2) is 15.6. The highest BCUT2D eigenvalue weighted by molar-refractivity contribution is 9.10. The zero-order valence-electron chi connectivity index (χ0n) is 32.7. The van der Waals surface area contributed by atoms with Crippen molar-refractivity contribution in [2.45, 2.75) is 30.4 Å². The fraction of sp³-hybridized carbons (Fsp3) is 0.217. The van der Waals surface area contributed by atoms with Crippen LogP contribution in [-0.2, 0) is 30.8 Å². The molecule has 1 aromatic heterocycles. The summed E-state index contributed by atoms with van der Waals surface area (Å²) >= 11 is 16.1. The Hall–Kier alpha value is -6.03. The molecule has 3 fully saturated rings. The molecule has 5 aromatic rings. The monoisotopic (exact) mass is 958 g/mol. The molecular formula is C46H32BrCl2F3N4O7. The number of nitrogens with one attached hydrogen (secondary N) is 1. The molecule has 4 aliphatic rings. The molecule has 2 N–H and O–H groups in total. The predicted molar refractivity (Wildman–Crippen MR) is 228 cm³/mol. The van der Waals surface area contributed by atoms with Crippen molar-refractivity contribution < 1.29 is 47.0 Å². The van der Waals surface area contributed by atoms with Crippen LogP contribution >= 0.6 is 39.1 Å². The van der Waals surface area contributed by atoms with Gasteiger partial charge in [0.25, 0.3) is 11.8 Å². The molecule has 2 aliphatic heterocycles. The molecule has 11 nitrogen and oxygen atoms in total. The van der Waals surface area contributed by atoms with E-state index in [1.165, 1.54) is 25.3 Å². The van der Waals surface area contributed by atoms with Gasteiger partial charge in [-0.1, -0.05) is 77.3 Å². The minimum absolute atomic E-state index is 0.0265. The number of methoxy groups -OCH3 is 1. The third kappa shape index (κ3) is 6.70. The van der Waals surface area contributed by atoms with Crippen LogP contribution in [-0.4, -0.2) is 51.6 Å². The third-order valence-corrected chi connectivity index (χ3v) is 13.7. The fourth-order valence-electron chi connectivity index (χ4n) is 9.85. The Balaban J connectivity index is 1.17. The van der Waals surface area contributed by atoms with Gasteiger partial charge >= 0.3 is 6.18 Å². The normalized spacial score (nSPS) is 24.2. The van der Waals surface area contributed by atoms with Crippen LogP contribution < -0.4 is 15.1 Å². The average molecular weight is 961 g/mol. The summed E-state index contributed by atoms with van der Waals surface area (Å²) in [6.07, 6.45) is -2.46. The van der Waals surface area contributed by atoms with Gasteiger partial charge < -0.3 is 9.84 Å². The number of phenolic OH excluding ortho intramolecular Hbond substituents is 1. The minimum Gasteiger partial charge on any atom is -0.503 e. The first-order valence-electron chi connectivity index (χ1n) is 19.5. The first-order chi connectivity index (χ1) is 30.1. The summed E-state index contributed by atoms with van der Waals surface area (Å²) in [4.78, 5) is 77.8. The Morgan fingerprint density at radius 2 is 1.59 bits per heavy atom. The molecule has 63 heavy (non-hydrogen) atoms. The molecule has 1 saturated carbocycles. The van der Waals surface area contributed by atoms with Gasteiger partial charge in [0.15, 0.2) is 23.1 Å². The molecule has 4 aromatic carbocycles. The van der Waals surface area contributed by atoms with Crippen LogP contribution in [0.5, 0.6) is 11.5 Å². The summed E-state index contributed by atoms with van der Waals surface area (Å²) in [5, 5.41) is 11.4. The molecule has 2 saturated heterocycles. The van der Waals surface area contributed by atoms with Gasteiger partial charge in [0.1, 0.15) is 0 Å². The van der Waals surface area contributed by atoms with E-state index >= 15 is 9.59 Å². The number of rotatable bonds is 8. The number of hydrazine groups is 1. The molecule has 6 unspecified atom stereocenters. The van der Waals surface area contributed by atoms with Crippen molar-refractivity contribution >= 4 is 80.0 Å². The Morgan fingerprint density at radius 3 is 2.24 bits per heavy atom. The molecule has 4 amide bonds. The van der Waals surface area contributed by atoms with Gasteiger partial charge in [-0.15, -0.1) is 0 Å². The van der Waals surface area contributed by atoms with Gasteiger partial charge in [0.05, 0.1) is 51.0 Å². The standard InChI is InChI=1S/C46H32BrCl2F3N4O7/c1-63-35-18-24(17-33(47)39(35)58)37-29-15-16-30-36(43(61)55(41(30)59)28-13-7-23(8-14-28)38(57)22-5-3-2-4-6-22)31(29)20-32-42(60)56(44(62)45(32,37)25-9-11-27(48)12-10-25)54-40-34(49)19-26(21-53-40)46(50,51)52/h2-15,17-19,21,30-32,36-37,58H,16,20H2,1H3,(H,53,54). The number of aromatic hydroxyl groups is 1. The quantitative estimate of drug-likeness (QED) is 0.0883. The number of imide groups is 2. The predicted octanol–water partition coefficient (Wildman–Crippen LogP) is 9.30. The summed E-state index contributed by atoms with van der Waals surface area (Å²) < 4.78 is 46.5. The highest BCUT2D eigenvalue weighted by Crippen LogP contribution is 2.65. The second-order valence-corrected chi connectivity index (χ2v) is 17.4. The van der Waals surface area contributed by atoms with E-state index in [2.05, 4.69) is 26.3 Å². The maximum Gasteiger partial charge on any atom is 0.417 e. The molecule has 0 radical (unpaired) electrons. The van der Waals surface area contributed by atoms with E-state index in [9.17, 15) is 32.7 Å². The van der Waals surface area contributed by atoms with Gasteiger partial charge in [-0.25, -0.2) is 4.98 Å². The van der Waals surface area contributed by atoms with Crippen molar-refractivity contribution in [3.05, 3.63) is 157 Å². The van der Waals surface area contributed by atoms with E-state index < -0.39 is 81.2 Å². The van der Waals surface area contributed by atoms with E-state index in [1.54, 1.807) is 72.8 Å². The Labute approximate surface area is 375 Å². The van der Waals surface area contributed by atoms with Crippen LogP contribution in [0.2, 0.25) is 10.0 Å². The van der Waals surface area contributed by atoms with Gasteiger partial charge in [-0.05, 0) is 100 Å². The largest absolute Gasteiger partial charge is 0.503 e. The van der Waals surface area contributed by atoms with Gasteiger partial charge in [-0.3, -0.25) is 34.3 Å². The highest BCUT2D eigenvalue weighted by Gasteiger charge is 2.70. The molecule has 17 heteroatoms. The summed E-state index contributed by atoms with van der Waals surface area (Å²) in [5.74, 6) is -8.45. The Morgan fingerprint density at radius 1 is 0.905 bits per heavy atom. The molecule has 0 spiro atoms. The van der Waals surface area contributed by atoms with Crippen molar-refractivity contribution in [3.63, 3.8) is 0 Å². The SMILES string of the molecule is COc1cc(C2C3=CCC4C(=O)N(c5ccc(C(=O)c6ccccc6)cc5)C(=O)C4C3CC3C(=O)N(Nc4ncc(C(F)(F)F)cc4Cl)C(=O)C32c2ccc(Cl)cc2)cc(Br)c1O. The van der Waals surface area contributed by atoms with Crippen molar-refractivity contribution in [1.29, 1.82) is 0 Å². The first kappa shape index (κ1) is 42.3. The minimum atomic E-state index is -4.78. The van der Waals surface area contributed by atoms with Crippen LogP contribution in [0.1, 0.15) is 51.4 Å². The zero-order valence-corrected chi connectivity index (χ0v) is 35.8. The number of ketones is 1. The van der Waals surface area contributed by atoms with Crippen LogP contribution in [0.4, 0.5) is 24.7 Å². The Kier molecular flexibility index (Phi) is 10.5. The molecule has 320 valence electrons. The summed E-state index contributed by atoms with van der Waals surface area (Å²) in [5.41, 5.74) is 2.03.